The lowest BCUT2D eigenvalue weighted by atomic mass is 10.1. The van der Waals surface area contributed by atoms with E-state index in [0.717, 1.165) is 0 Å². The van der Waals surface area contributed by atoms with Crippen molar-refractivity contribution in [2.75, 3.05) is 26.4 Å². The fraction of sp³-hybridized carbons (Fsp3) is 0.611. The molecule has 0 saturated heterocycles. The smallest absolute Gasteiger partial charge is 0.308 e. The Hall–Kier alpha value is -0.230. The van der Waals surface area contributed by atoms with E-state index in [-0.39, 0.29) is 50.1 Å². The average molecular weight is 489 g/mol. The Labute approximate surface area is 182 Å². The minimum Gasteiger partial charge on any atom is -0.308 e. The number of halogens is 2. The van der Waals surface area contributed by atoms with E-state index in [1.165, 1.54) is 12.1 Å². The molecule has 0 unspecified atom stereocenters. The first-order valence-electron chi connectivity index (χ1n) is 9.43. The molecule has 0 heterocycles. The van der Waals surface area contributed by atoms with Crippen LogP contribution in [-0.4, -0.2) is 37.6 Å². The molecule has 0 bridgehead atoms. The Morgan fingerprint density at radius 1 is 0.862 bits per heavy atom. The maximum atomic E-state index is 13.4. The maximum Gasteiger partial charge on any atom is 0.345 e. The van der Waals surface area contributed by atoms with Gasteiger partial charge in [-0.15, -0.1) is 0 Å². The topological polar surface area (TPSA) is 88.1 Å². The van der Waals surface area contributed by atoms with Gasteiger partial charge in [0.2, 0.25) is 0 Å². The molecular formula is C18H28Cl2O7P2. The highest BCUT2D eigenvalue weighted by Crippen LogP contribution is 2.71. The van der Waals surface area contributed by atoms with Gasteiger partial charge >= 0.3 is 15.2 Å². The summed E-state index contributed by atoms with van der Waals surface area (Å²) in [4.78, 5) is 12.7. The molecule has 0 N–H and O–H groups in total. The highest BCUT2D eigenvalue weighted by molar-refractivity contribution is 7.72. The van der Waals surface area contributed by atoms with Crippen molar-refractivity contribution in [1.82, 2.24) is 0 Å². The van der Waals surface area contributed by atoms with Crippen LogP contribution in [0.5, 0.6) is 0 Å². The summed E-state index contributed by atoms with van der Waals surface area (Å²) < 4.78 is 48.4. The van der Waals surface area contributed by atoms with Gasteiger partial charge in [-0.2, -0.15) is 0 Å². The van der Waals surface area contributed by atoms with E-state index in [0.29, 0.717) is 10.6 Å². The van der Waals surface area contributed by atoms with Crippen molar-refractivity contribution < 1.29 is 32.0 Å². The van der Waals surface area contributed by atoms with Crippen molar-refractivity contribution >= 4 is 44.2 Å². The maximum absolute atomic E-state index is 13.4. The van der Waals surface area contributed by atoms with Crippen molar-refractivity contribution in [3.63, 3.8) is 0 Å². The van der Waals surface area contributed by atoms with E-state index in [9.17, 15) is 13.9 Å². The Kier molecular flexibility index (Phi) is 11.6. The molecule has 0 spiro atoms. The molecule has 0 aliphatic carbocycles. The van der Waals surface area contributed by atoms with Crippen molar-refractivity contribution in [1.29, 1.82) is 0 Å². The van der Waals surface area contributed by atoms with Crippen molar-refractivity contribution in [3.05, 3.63) is 33.8 Å². The summed E-state index contributed by atoms with van der Waals surface area (Å²) in [5.41, 5.74) is 0.337. The van der Waals surface area contributed by atoms with Crippen LogP contribution in [0, 0.1) is 0 Å². The predicted molar refractivity (Wildman–Crippen MR) is 116 cm³/mol. The van der Waals surface area contributed by atoms with E-state index in [2.05, 4.69) is 0 Å². The third-order valence-electron chi connectivity index (χ3n) is 3.84. The third-order valence-corrected chi connectivity index (χ3v) is 10.7. The number of carbonyl (C=O) groups is 1. The van der Waals surface area contributed by atoms with Crippen molar-refractivity contribution in [2.24, 2.45) is 0 Å². The lowest BCUT2D eigenvalue weighted by molar-refractivity contribution is 0.0979. The molecule has 11 heteroatoms. The molecule has 0 atom stereocenters. The molecule has 0 radical (unpaired) electrons. The molecular weight excluding hydrogens is 461 g/mol. The number of hydrogen-bond donors (Lipinski definition) is 0. The summed E-state index contributed by atoms with van der Waals surface area (Å²) in [6.45, 7) is 6.90. The van der Waals surface area contributed by atoms with Crippen LogP contribution >= 0.6 is 38.4 Å². The van der Waals surface area contributed by atoms with Crippen LogP contribution in [0.3, 0.4) is 0 Å². The molecule has 29 heavy (non-hydrogen) atoms. The molecule has 0 aromatic heterocycles. The first-order chi connectivity index (χ1) is 13.7. The van der Waals surface area contributed by atoms with Crippen molar-refractivity contribution in [3.8, 4) is 0 Å². The fourth-order valence-corrected chi connectivity index (χ4v) is 8.35. The third kappa shape index (κ3) is 7.45. The largest absolute Gasteiger partial charge is 0.345 e. The summed E-state index contributed by atoms with van der Waals surface area (Å²) in [6, 6.07) is 4.52. The van der Waals surface area contributed by atoms with Crippen LogP contribution in [0.25, 0.3) is 0 Å². The van der Waals surface area contributed by atoms with Gasteiger partial charge in [-0.05, 0) is 52.3 Å². The molecule has 1 rings (SSSR count). The molecule has 0 amide bonds. The highest BCUT2D eigenvalue weighted by atomic mass is 35.5. The van der Waals surface area contributed by atoms with Gasteiger partial charge in [0.1, 0.15) is 0 Å². The second-order valence-electron chi connectivity index (χ2n) is 5.82. The van der Waals surface area contributed by atoms with Crippen LogP contribution in [0.4, 0.5) is 0 Å². The summed E-state index contributed by atoms with van der Waals surface area (Å²) >= 11 is 11.9. The molecule has 1 aromatic rings. The second kappa shape index (κ2) is 12.6. The van der Waals surface area contributed by atoms with Gasteiger partial charge in [0.25, 0.3) is 0 Å². The van der Waals surface area contributed by atoms with Gasteiger partial charge in [0.15, 0.2) is 11.2 Å². The number of Topliss-reactive ketones (excluding diaryl/α,β-unsaturated/α-hetero) is 1. The van der Waals surface area contributed by atoms with Gasteiger partial charge in [0, 0.05) is 12.0 Å². The summed E-state index contributed by atoms with van der Waals surface area (Å²) in [7, 11) is -7.78. The number of carbonyl (C=O) groups excluding carboxylic acids is 1. The summed E-state index contributed by atoms with van der Waals surface area (Å²) in [5, 5.41) is -0.658. The molecule has 1 aromatic carbocycles. The van der Waals surface area contributed by atoms with Crippen LogP contribution in [0.2, 0.25) is 10.0 Å². The molecule has 0 fully saturated rings. The van der Waals surface area contributed by atoms with E-state index in [1.807, 2.05) is 0 Å². The zero-order chi connectivity index (χ0) is 22.1. The normalized spacial score (nSPS) is 12.5. The fourth-order valence-electron chi connectivity index (χ4n) is 2.70. The zero-order valence-electron chi connectivity index (χ0n) is 17.1. The first kappa shape index (κ1) is 26.8. The van der Waals surface area contributed by atoms with Gasteiger partial charge in [0.05, 0.1) is 36.5 Å². The first-order valence-corrected chi connectivity index (χ1v) is 13.4. The van der Waals surface area contributed by atoms with Gasteiger partial charge < -0.3 is 18.1 Å². The van der Waals surface area contributed by atoms with E-state index < -0.39 is 20.6 Å². The minimum atomic E-state index is -3.89. The number of hydrogen-bond acceptors (Lipinski definition) is 7. The zero-order valence-corrected chi connectivity index (χ0v) is 20.4. The molecule has 0 saturated carbocycles. The van der Waals surface area contributed by atoms with E-state index in [1.54, 1.807) is 33.8 Å². The average Bonchev–Trinajstić information content (AvgIpc) is 2.64. The Balaban J connectivity index is 3.22. The molecule has 0 aliphatic heterocycles. The monoisotopic (exact) mass is 488 g/mol. The number of ketones is 1. The van der Waals surface area contributed by atoms with Crippen LogP contribution in [0.1, 0.15) is 50.9 Å². The quantitative estimate of drug-likeness (QED) is 0.209. The van der Waals surface area contributed by atoms with Crippen LogP contribution in [-0.2, 0) is 27.2 Å². The van der Waals surface area contributed by atoms with Crippen LogP contribution < -0.4 is 0 Å². The second-order valence-corrected chi connectivity index (χ2v) is 11.5. The molecule has 166 valence electrons. The van der Waals surface area contributed by atoms with Crippen molar-refractivity contribution in [2.45, 2.75) is 45.9 Å². The minimum absolute atomic E-state index is 0.0758. The standard InChI is InChI=1S/C18H28Cl2O7P2/c1-5-24-28(22,25-6-2)18(29(23,26-7-3)27-8-4)12-11-17(21)14-9-10-15(19)16(20)13-14/h9-10,13,18H,5-8,11-12H2,1-4H3. The highest BCUT2D eigenvalue weighted by Gasteiger charge is 2.50. The lowest BCUT2D eigenvalue weighted by Gasteiger charge is -2.31. The predicted octanol–water partition coefficient (Wildman–Crippen LogP) is 6.81. The van der Waals surface area contributed by atoms with Gasteiger partial charge in [-0.1, -0.05) is 23.2 Å². The SMILES string of the molecule is CCOP(=O)(OCC)C(CCC(=O)c1ccc(Cl)c(Cl)c1)P(=O)(OCC)OCC. The Bertz CT molecular complexity index is 723. The number of rotatable bonds is 14. The van der Waals surface area contributed by atoms with E-state index in [4.69, 9.17) is 41.3 Å². The summed E-state index contributed by atoms with van der Waals surface area (Å²) in [6.07, 6.45) is -0.162. The van der Waals surface area contributed by atoms with E-state index >= 15 is 0 Å². The summed E-state index contributed by atoms with van der Waals surface area (Å²) in [5.74, 6) is -0.285. The Morgan fingerprint density at radius 2 is 1.31 bits per heavy atom. The van der Waals surface area contributed by atoms with Gasteiger partial charge in [-0.25, -0.2) is 0 Å². The van der Waals surface area contributed by atoms with Crippen LogP contribution in [0.15, 0.2) is 18.2 Å². The Morgan fingerprint density at radius 3 is 1.69 bits per heavy atom. The molecule has 7 nitrogen and oxygen atoms in total. The number of benzene rings is 1. The van der Waals surface area contributed by atoms with Gasteiger partial charge in [-0.3, -0.25) is 13.9 Å². The molecule has 0 aliphatic rings. The lowest BCUT2D eigenvalue weighted by Crippen LogP contribution is -2.19.